The van der Waals surface area contributed by atoms with Crippen molar-refractivity contribution in [3.05, 3.63) is 0 Å². The molecule has 20 heavy (non-hydrogen) atoms. The molecule has 0 aliphatic carbocycles. The van der Waals surface area contributed by atoms with Crippen LogP contribution in [0.15, 0.2) is 4.99 Å². The van der Waals surface area contributed by atoms with Gasteiger partial charge in [-0.1, -0.05) is 41.5 Å². The molecule has 1 rings (SSSR count). The molecule has 1 unspecified atom stereocenters. The minimum absolute atomic E-state index is 0.0714. The molecule has 0 spiro atoms. The van der Waals surface area contributed by atoms with Crippen LogP contribution >= 0.6 is 0 Å². The predicted octanol–water partition coefficient (Wildman–Crippen LogP) is 3.45. The van der Waals surface area contributed by atoms with Crippen molar-refractivity contribution in [3.63, 3.8) is 0 Å². The quantitative estimate of drug-likeness (QED) is 0.745. The zero-order valence-corrected chi connectivity index (χ0v) is 14.2. The van der Waals surface area contributed by atoms with Gasteiger partial charge in [0.15, 0.2) is 5.90 Å². The molecule has 0 saturated heterocycles. The van der Waals surface area contributed by atoms with Crippen LogP contribution in [0.5, 0.6) is 0 Å². The summed E-state index contributed by atoms with van der Waals surface area (Å²) in [5.41, 5.74) is -0.464. The van der Waals surface area contributed by atoms with E-state index < -0.39 is 5.41 Å². The van der Waals surface area contributed by atoms with Gasteiger partial charge in [0, 0.05) is 6.92 Å². The minimum atomic E-state index is -0.418. The van der Waals surface area contributed by atoms with Crippen LogP contribution in [0.1, 0.15) is 55.4 Å². The third-order valence-electron chi connectivity index (χ3n) is 4.34. The van der Waals surface area contributed by atoms with E-state index >= 15 is 0 Å². The molecule has 0 bridgehead atoms. The first-order chi connectivity index (χ1) is 8.88. The maximum Gasteiger partial charge on any atom is 0.302 e. The Morgan fingerprint density at radius 1 is 1.25 bits per heavy atom. The summed E-state index contributed by atoms with van der Waals surface area (Å²) in [6.45, 7) is 17.2. The van der Waals surface area contributed by atoms with Crippen LogP contribution < -0.4 is 0 Å². The average molecular weight is 283 g/mol. The Balaban J connectivity index is 3.05. The zero-order valence-electron chi connectivity index (χ0n) is 14.2. The Morgan fingerprint density at radius 3 is 2.15 bits per heavy atom. The van der Waals surface area contributed by atoms with Crippen LogP contribution in [0.25, 0.3) is 0 Å². The third-order valence-corrected chi connectivity index (χ3v) is 4.34. The highest BCUT2D eigenvalue weighted by molar-refractivity contribution is 5.85. The van der Waals surface area contributed by atoms with E-state index in [-0.39, 0.29) is 22.8 Å². The molecular formula is C16H29NO3. The van der Waals surface area contributed by atoms with Gasteiger partial charge < -0.3 is 9.47 Å². The monoisotopic (exact) mass is 283 g/mol. The highest BCUT2D eigenvalue weighted by atomic mass is 16.5. The summed E-state index contributed by atoms with van der Waals surface area (Å²) < 4.78 is 11.1. The number of nitrogens with zero attached hydrogens (tertiary/aromatic N) is 1. The van der Waals surface area contributed by atoms with Gasteiger partial charge in [0.2, 0.25) is 0 Å². The SMILES string of the molecule is CC(=O)OCC(C)(C1=N[C@@H](C(C)(C)C)CO1)C(C)(C)C. The Hall–Kier alpha value is -1.06. The van der Waals surface area contributed by atoms with Crippen molar-refractivity contribution in [1.29, 1.82) is 0 Å². The summed E-state index contributed by atoms with van der Waals surface area (Å²) in [7, 11) is 0. The summed E-state index contributed by atoms with van der Waals surface area (Å²) in [6.07, 6.45) is 0. The van der Waals surface area contributed by atoms with Gasteiger partial charge in [0.05, 0.1) is 11.5 Å². The summed E-state index contributed by atoms with van der Waals surface area (Å²) in [5, 5.41) is 0. The Bertz CT molecular complexity index is 401. The normalized spacial score (nSPS) is 22.8. The van der Waals surface area contributed by atoms with Crippen molar-refractivity contribution < 1.29 is 14.3 Å². The van der Waals surface area contributed by atoms with Gasteiger partial charge in [-0.15, -0.1) is 0 Å². The minimum Gasteiger partial charge on any atom is -0.478 e. The maximum atomic E-state index is 11.2. The average Bonchev–Trinajstić information content (AvgIpc) is 2.73. The highest BCUT2D eigenvalue weighted by Gasteiger charge is 2.48. The summed E-state index contributed by atoms with van der Waals surface area (Å²) >= 11 is 0. The van der Waals surface area contributed by atoms with Crippen LogP contribution in [0.2, 0.25) is 0 Å². The first-order valence-corrected chi connectivity index (χ1v) is 7.22. The number of hydrogen-bond acceptors (Lipinski definition) is 4. The van der Waals surface area contributed by atoms with Gasteiger partial charge in [-0.05, 0) is 17.8 Å². The largest absolute Gasteiger partial charge is 0.478 e. The van der Waals surface area contributed by atoms with Gasteiger partial charge in [-0.3, -0.25) is 4.79 Å². The van der Waals surface area contributed by atoms with Crippen molar-refractivity contribution >= 4 is 11.9 Å². The molecule has 4 nitrogen and oxygen atoms in total. The number of ether oxygens (including phenoxy) is 2. The first-order valence-electron chi connectivity index (χ1n) is 7.22. The van der Waals surface area contributed by atoms with Crippen LogP contribution in [0.3, 0.4) is 0 Å². The van der Waals surface area contributed by atoms with Crippen LogP contribution in [-0.4, -0.2) is 31.1 Å². The number of carbonyl (C=O) groups is 1. The fourth-order valence-electron chi connectivity index (χ4n) is 1.96. The molecule has 2 atom stereocenters. The van der Waals surface area contributed by atoms with Crippen LogP contribution in [-0.2, 0) is 14.3 Å². The second kappa shape index (κ2) is 5.38. The summed E-state index contributed by atoms with van der Waals surface area (Å²) in [4.78, 5) is 15.9. The van der Waals surface area contributed by atoms with E-state index in [1.54, 1.807) is 0 Å². The lowest BCUT2D eigenvalue weighted by Crippen LogP contribution is -2.45. The van der Waals surface area contributed by atoms with E-state index in [1.807, 2.05) is 0 Å². The summed E-state index contributed by atoms with van der Waals surface area (Å²) in [5.74, 6) is 0.442. The van der Waals surface area contributed by atoms with E-state index in [4.69, 9.17) is 14.5 Å². The van der Waals surface area contributed by atoms with Gasteiger partial charge >= 0.3 is 5.97 Å². The second-order valence-corrected chi connectivity index (χ2v) is 7.99. The van der Waals surface area contributed by atoms with Crippen LogP contribution in [0, 0.1) is 16.2 Å². The molecule has 4 heteroatoms. The first kappa shape index (κ1) is 17.0. The lowest BCUT2D eigenvalue weighted by molar-refractivity contribution is -0.144. The molecule has 1 aliphatic heterocycles. The fourth-order valence-corrected chi connectivity index (χ4v) is 1.96. The van der Waals surface area contributed by atoms with Gasteiger partial charge in [0.1, 0.15) is 13.2 Å². The molecule has 0 N–H and O–H groups in total. The van der Waals surface area contributed by atoms with Crippen molar-refractivity contribution in [2.45, 2.75) is 61.4 Å². The van der Waals surface area contributed by atoms with Gasteiger partial charge in [0.25, 0.3) is 0 Å². The highest BCUT2D eigenvalue weighted by Crippen LogP contribution is 2.43. The van der Waals surface area contributed by atoms with Crippen molar-refractivity contribution in [3.8, 4) is 0 Å². The number of hydrogen-bond donors (Lipinski definition) is 0. The molecule has 0 amide bonds. The molecule has 0 radical (unpaired) electrons. The molecule has 0 aromatic carbocycles. The second-order valence-electron chi connectivity index (χ2n) is 7.99. The smallest absolute Gasteiger partial charge is 0.302 e. The molecule has 116 valence electrons. The van der Waals surface area contributed by atoms with Crippen molar-refractivity contribution in [1.82, 2.24) is 0 Å². The lowest BCUT2D eigenvalue weighted by Gasteiger charge is -2.40. The number of carbonyl (C=O) groups excluding carboxylic acids is 1. The predicted molar refractivity (Wildman–Crippen MR) is 80.8 cm³/mol. The molecular weight excluding hydrogens is 254 g/mol. The van der Waals surface area contributed by atoms with E-state index in [2.05, 4.69) is 48.5 Å². The Morgan fingerprint density at radius 2 is 1.80 bits per heavy atom. The van der Waals surface area contributed by atoms with Gasteiger partial charge in [-0.2, -0.15) is 0 Å². The standard InChI is InChI=1S/C16H29NO3/c1-11(18)20-10-16(8,15(5,6)7)13-17-12(9-19-13)14(2,3)4/h12H,9-10H2,1-8H3/t12-,16?/m1/s1. The van der Waals surface area contributed by atoms with Gasteiger partial charge in [-0.25, -0.2) is 4.99 Å². The molecule has 1 heterocycles. The van der Waals surface area contributed by atoms with E-state index in [0.29, 0.717) is 19.1 Å². The maximum absolute atomic E-state index is 11.2. The molecule has 0 aromatic rings. The molecule has 0 fully saturated rings. The Labute approximate surface area is 122 Å². The lowest BCUT2D eigenvalue weighted by atomic mass is 9.68. The zero-order chi connectivity index (χ0) is 15.8. The molecule has 0 aromatic heterocycles. The van der Waals surface area contributed by atoms with Crippen LogP contribution in [0.4, 0.5) is 0 Å². The summed E-state index contributed by atoms with van der Waals surface area (Å²) in [6, 6.07) is 0.150. The van der Waals surface area contributed by atoms with E-state index in [0.717, 1.165) is 0 Å². The molecule has 1 aliphatic rings. The number of esters is 1. The fraction of sp³-hybridized carbons (Fsp3) is 0.875. The van der Waals surface area contributed by atoms with E-state index in [9.17, 15) is 4.79 Å². The molecule has 0 saturated carbocycles. The van der Waals surface area contributed by atoms with Crippen molar-refractivity contribution in [2.24, 2.45) is 21.2 Å². The Kier molecular flexibility index (Phi) is 4.57. The third kappa shape index (κ3) is 3.53. The number of rotatable bonds is 3. The van der Waals surface area contributed by atoms with E-state index in [1.165, 1.54) is 6.92 Å². The topological polar surface area (TPSA) is 47.9 Å². The number of aliphatic imine (C=N–C) groups is 1. The van der Waals surface area contributed by atoms with Crippen molar-refractivity contribution in [2.75, 3.05) is 13.2 Å².